The summed E-state index contributed by atoms with van der Waals surface area (Å²) >= 11 is 5.19. The van der Waals surface area contributed by atoms with Crippen LogP contribution >= 0.6 is 27.3 Å². The van der Waals surface area contributed by atoms with Gasteiger partial charge in [0.15, 0.2) is 0 Å². The molecule has 4 rings (SSSR count). The van der Waals surface area contributed by atoms with E-state index in [-0.39, 0.29) is 5.91 Å². The number of anilines is 1. The van der Waals surface area contributed by atoms with E-state index in [1.54, 1.807) is 16.0 Å². The number of amides is 1. The van der Waals surface area contributed by atoms with E-state index in [1.165, 1.54) is 10.4 Å². The maximum atomic E-state index is 13.1. The molecule has 3 aromatic rings. The van der Waals surface area contributed by atoms with Crippen LogP contribution in [0.25, 0.3) is 11.1 Å². The highest BCUT2D eigenvalue weighted by Gasteiger charge is 2.25. The molecule has 0 aliphatic heterocycles. The van der Waals surface area contributed by atoms with Crippen LogP contribution in [0.2, 0.25) is 0 Å². The summed E-state index contributed by atoms with van der Waals surface area (Å²) in [5.74, 6) is 1.41. The van der Waals surface area contributed by atoms with Crippen molar-refractivity contribution in [1.82, 2.24) is 9.78 Å². The molecule has 0 spiro atoms. The Kier molecular flexibility index (Phi) is 4.95. The second-order valence-corrected chi connectivity index (χ2v) is 9.17. The summed E-state index contributed by atoms with van der Waals surface area (Å²) in [6, 6.07) is 8.09. The third-order valence-electron chi connectivity index (χ3n) is 5.23. The van der Waals surface area contributed by atoms with E-state index in [4.69, 9.17) is 0 Å². The Morgan fingerprint density at radius 3 is 2.81 bits per heavy atom. The molecule has 0 radical (unpaired) electrons. The third kappa shape index (κ3) is 3.48. The maximum Gasteiger partial charge on any atom is 0.257 e. The van der Waals surface area contributed by atoms with Gasteiger partial charge < -0.3 is 5.32 Å². The largest absolute Gasteiger partial charge is 0.306 e. The number of benzene rings is 1. The fourth-order valence-electron chi connectivity index (χ4n) is 3.81. The summed E-state index contributed by atoms with van der Waals surface area (Å²) in [6.45, 7) is 4.26. The lowest BCUT2D eigenvalue weighted by Crippen LogP contribution is -2.18. The van der Waals surface area contributed by atoms with Crippen LogP contribution in [0.15, 0.2) is 34.1 Å². The number of carbonyl (C=O) groups excluding carboxylic acids is 1. The lowest BCUT2D eigenvalue weighted by atomic mass is 9.88. The molecular formula is C21H22BrN3OS. The van der Waals surface area contributed by atoms with E-state index in [2.05, 4.69) is 33.3 Å². The van der Waals surface area contributed by atoms with Crippen molar-refractivity contribution in [2.24, 2.45) is 13.0 Å². The van der Waals surface area contributed by atoms with Crippen LogP contribution < -0.4 is 5.32 Å². The van der Waals surface area contributed by atoms with Gasteiger partial charge in [0.25, 0.3) is 5.91 Å². The zero-order chi connectivity index (χ0) is 19.1. The second kappa shape index (κ2) is 7.24. The average molecular weight is 444 g/mol. The fourth-order valence-corrected chi connectivity index (χ4v) is 5.32. The highest BCUT2D eigenvalue weighted by Crippen LogP contribution is 2.35. The summed E-state index contributed by atoms with van der Waals surface area (Å²) in [6.07, 6.45) is 3.23. The molecule has 27 heavy (non-hydrogen) atoms. The number of hydrogen-bond acceptors (Lipinski definition) is 3. The Labute approximate surface area is 171 Å². The van der Waals surface area contributed by atoms with Crippen molar-refractivity contribution in [3.05, 3.63) is 55.8 Å². The quantitative estimate of drug-likeness (QED) is 0.572. The van der Waals surface area contributed by atoms with E-state index in [0.29, 0.717) is 5.92 Å². The van der Waals surface area contributed by atoms with Crippen LogP contribution in [0, 0.1) is 12.8 Å². The van der Waals surface area contributed by atoms with Gasteiger partial charge in [-0.05, 0) is 55.4 Å². The number of fused-ring (bicyclic) bond motifs is 1. The number of halogens is 1. The minimum Gasteiger partial charge on any atom is -0.306 e. The highest BCUT2D eigenvalue weighted by molar-refractivity contribution is 9.10. The molecule has 0 saturated carbocycles. The molecule has 1 N–H and O–H groups in total. The highest BCUT2D eigenvalue weighted by atomic mass is 79.9. The molecule has 2 aromatic heterocycles. The van der Waals surface area contributed by atoms with Crippen molar-refractivity contribution in [3.8, 4) is 11.1 Å². The van der Waals surface area contributed by atoms with Crippen molar-refractivity contribution < 1.29 is 4.79 Å². The first-order chi connectivity index (χ1) is 12.9. The van der Waals surface area contributed by atoms with Crippen LogP contribution in [-0.2, 0) is 19.9 Å². The number of thiophene rings is 1. The minimum atomic E-state index is -0.0385. The van der Waals surface area contributed by atoms with Gasteiger partial charge in [-0.3, -0.25) is 9.48 Å². The lowest BCUT2D eigenvalue weighted by Gasteiger charge is -2.19. The van der Waals surface area contributed by atoms with Crippen molar-refractivity contribution in [2.45, 2.75) is 33.1 Å². The average Bonchev–Trinajstić information content (AvgIpc) is 3.16. The van der Waals surface area contributed by atoms with Crippen molar-refractivity contribution in [3.63, 3.8) is 0 Å². The van der Waals surface area contributed by atoms with Gasteiger partial charge in [-0.25, -0.2) is 0 Å². The van der Waals surface area contributed by atoms with E-state index < -0.39 is 0 Å². The molecule has 140 valence electrons. The Morgan fingerprint density at radius 1 is 1.33 bits per heavy atom. The number of nitrogens with one attached hydrogen (secondary N) is 1. The van der Waals surface area contributed by atoms with Crippen molar-refractivity contribution in [2.75, 3.05) is 5.32 Å². The molecular weight excluding hydrogens is 422 g/mol. The monoisotopic (exact) mass is 443 g/mol. The van der Waals surface area contributed by atoms with Crippen LogP contribution in [0.3, 0.4) is 0 Å². The summed E-state index contributed by atoms with van der Waals surface area (Å²) < 4.78 is 2.78. The Bertz CT molecular complexity index is 1000. The minimum absolute atomic E-state index is 0.0385. The molecule has 1 amide bonds. The SMILES string of the molecule is Cc1nn(C)c(NC(=O)c2csc3c2CCC(C)C3)c1-c1ccc(Br)cc1. The van der Waals surface area contributed by atoms with Gasteiger partial charge in [0.05, 0.1) is 11.3 Å². The zero-order valence-corrected chi connectivity index (χ0v) is 18.1. The molecule has 0 saturated heterocycles. The van der Waals surface area contributed by atoms with Crippen molar-refractivity contribution >= 4 is 39.0 Å². The smallest absolute Gasteiger partial charge is 0.257 e. The summed E-state index contributed by atoms with van der Waals surface area (Å²) in [5, 5.41) is 9.68. The number of aromatic nitrogens is 2. The Morgan fingerprint density at radius 2 is 2.07 bits per heavy atom. The lowest BCUT2D eigenvalue weighted by molar-refractivity contribution is 0.102. The molecule has 0 fully saturated rings. The van der Waals surface area contributed by atoms with Crippen LogP contribution in [-0.4, -0.2) is 15.7 Å². The molecule has 1 aliphatic rings. The molecule has 1 aromatic carbocycles. The topological polar surface area (TPSA) is 46.9 Å². The van der Waals surface area contributed by atoms with E-state index in [9.17, 15) is 4.79 Å². The predicted octanol–water partition coefficient (Wildman–Crippen LogP) is 5.60. The maximum absolute atomic E-state index is 13.1. The number of hydrogen-bond donors (Lipinski definition) is 1. The number of rotatable bonds is 3. The molecule has 4 nitrogen and oxygen atoms in total. The first-order valence-electron chi connectivity index (χ1n) is 9.14. The van der Waals surface area contributed by atoms with Crippen LogP contribution in [0.4, 0.5) is 5.82 Å². The van der Waals surface area contributed by atoms with Gasteiger partial charge in [0.1, 0.15) is 5.82 Å². The number of nitrogens with zero attached hydrogens (tertiary/aromatic N) is 2. The van der Waals surface area contributed by atoms with Gasteiger partial charge in [0.2, 0.25) is 0 Å². The Balaban J connectivity index is 1.67. The summed E-state index contributed by atoms with van der Waals surface area (Å²) in [7, 11) is 1.87. The van der Waals surface area contributed by atoms with E-state index >= 15 is 0 Å². The number of carbonyl (C=O) groups is 1. The van der Waals surface area contributed by atoms with Crippen molar-refractivity contribution in [1.29, 1.82) is 0 Å². The van der Waals surface area contributed by atoms with E-state index in [1.807, 2.05) is 43.6 Å². The second-order valence-electron chi connectivity index (χ2n) is 7.29. The molecule has 6 heteroatoms. The molecule has 0 bridgehead atoms. The van der Waals surface area contributed by atoms with Gasteiger partial charge in [-0.2, -0.15) is 5.10 Å². The van der Waals surface area contributed by atoms with Crippen LogP contribution in [0.1, 0.15) is 39.8 Å². The summed E-state index contributed by atoms with van der Waals surface area (Å²) in [5.41, 5.74) is 4.97. The Hall–Kier alpha value is -1.92. The van der Waals surface area contributed by atoms with Gasteiger partial charge in [0, 0.05) is 27.3 Å². The van der Waals surface area contributed by atoms with Gasteiger partial charge >= 0.3 is 0 Å². The zero-order valence-electron chi connectivity index (χ0n) is 15.7. The normalized spacial score (nSPS) is 16.2. The molecule has 1 aliphatic carbocycles. The molecule has 2 heterocycles. The standard InChI is InChI=1S/C21H22BrN3OS/c1-12-4-9-16-17(11-27-18(16)10-12)21(26)23-20-19(13(2)24-25(20)3)14-5-7-15(22)8-6-14/h5-8,11-12H,4,9-10H2,1-3H3,(H,23,26). The first kappa shape index (κ1) is 18.4. The number of aryl methyl sites for hydroxylation is 2. The van der Waals surface area contributed by atoms with Gasteiger partial charge in [-0.15, -0.1) is 11.3 Å². The van der Waals surface area contributed by atoms with Crippen LogP contribution in [0.5, 0.6) is 0 Å². The molecule has 1 atom stereocenters. The fraction of sp³-hybridized carbons (Fsp3) is 0.333. The predicted molar refractivity (Wildman–Crippen MR) is 115 cm³/mol. The van der Waals surface area contributed by atoms with Gasteiger partial charge in [-0.1, -0.05) is 35.0 Å². The van der Waals surface area contributed by atoms with E-state index in [0.717, 1.165) is 51.9 Å². The summed E-state index contributed by atoms with van der Waals surface area (Å²) in [4.78, 5) is 14.4. The first-order valence-corrected chi connectivity index (χ1v) is 10.8. The molecule has 1 unspecified atom stereocenters. The third-order valence-corrected chi connectivity index (χ3v) is 6.81.